The lowest BCUT2D eigenvalue weighted by molar-refractivity contribution is 0.602. The third kappa shape index (κ3) is 1.70. The quantitative estimate of drug-likeness (QED) is 0.699. The van der Waals surface area contributed by atoms with Gasteiger partial charge in [0, 0.05) is 13.2 Å². The Morgan fingerprint density at radius 1 is 1.40 bits per heavy atom. The fraction of sp³-hybridized carbons (Fsp3) is 0.222. The van der Waals surface area contributed by atoms with Gasteiger partial charge in [0.1, 0.15) is 5.69 Å². The molecule has 0 N–H and O–H groups in total. The van der Waals surface area contributed by atoms with Crippen molar-refractivity contribution in [3.63, 3.8) is 0 Å². The molecule has 78 valence electrons. The first-order valence-corrected chi connectivity index (χ1v) is 4.65. The fourth-order valence-electron chi connectivity index (χ4n) is 1.23. The van der Waals surface area contributed by atoms with Crippen molar-refractivity contribution in [1.82, 2.24) is 19.7 Å². The average Bonchev–Trinajstić information content (AvgIpc) is 2.60. The predicted molar refractivity (Wildman–Crippen MR) is 53.9 cm³/mol. The maximum Gasteiger partial charge on any atom is 0.181 e. The highest BCUT2D eigenvalue weighted by molar-refractivity contribution is 6.29. The van der Waals surface area contributed by atoms with Gasteiger partial charge in [-0.1, -0.05) is 11.6 Å². The van der Waals surface area contributed by atoms with E-state index in [9.17, 15) is 4.39 Å². The largest absolute Gasteiger partial charge is 0.265 e. The minimum absolute atomic E-state index is 0.168. The van der Waals surface area contributed by atoms with Crippen LogP contribution in [0, 0.1) is 12.7 Å². The zero-order chi connectivity index (χ0) is 11.0. The summed E-state index contributed by atoms with van der Waals surface area (Å²) in [6.07, 6.45) is 1.62. The molecule has 2 aromatic rings. The number of halogens is 2. The molecule has 0 spiro atoms. The van der Waals surface area contributed by atoms with Crippen molar-refractivity contribution in [1.29, 1.82) is 0 Å². The van der Waals surface area contributed by atoms with Crippen molar-refractivity contribution in [2.24, 2.45) is 7.05 Å². The summed E-state index contributed by atoms with van der Waals surface area (Å²) in [5, 5.41) is 3.81. The van der Waals surface area contributed by atoms with E-state index in [4.69, 9.17) is 11.6 Å². The molecule has 0 aromatic carbocycles. The molecule has 2 aromatic heterocycles. The van der Waals surface area contributed by atoms with Gasteiger partial charge in [0.2, 0.25) is 0 Å². The van der Waals surface area contributed by atoms with Crippen LogP contribution in [0.25, 0.3) is 11.5 Å². The minimum atomic E-state index is -0.581. The van der Waals surface area contributed by atoms with E-state index >= 15 is 0 Å². The molecular formula is C9H8ClFN4. The molecule has 4 nitrogen and oxygen atoms in total. The molecule has 0 bridgehead atoms. The molecule has 6 heteroatoms. The fourth-order valence-corrected chi connectivity index (χ4v) is 1.45. The van der Waals surface area contributed by atoms with Crippen LogP contribution in [0.3, 0.4) is 0 Å². The maximum atomic E-state index is 13.2. The highest BCUT2D eigenvalue weighted by atomic mass is 35.5. The van der Waals surface area contributed by atoms with Crippen molar-refractivity contribution in [2.45, 2.75) is 6.92 Å². The second-order valence-electron chi connectivity index (χ2n) is 3.08. The summed E-state index contributed by atoms with van der Waals surface area (Å²) in [5.74, 6) is -0.207. The molecule has 0 saturated carbocycles. The lowest BCUT2D eigenvalue weighted by Crippen LogP contribution is -2.01. The van der Waals surface area contributed by atoms with Gasteiger partial charge in [-0.15, -0.1) is 0 Å². The van der Waals surface area contributed by atoms with E-state index in [0.717, 1.165) is 0 Å². The molecule has 0 amide bonds. The summed E-state index contributed by atoms with van der Waals surface area (Å²) in [6, 6.07) is 1.74. The number of nitrogens with zero attached hydrogens (tertiary/aromatic N) is 4. The van der Waals surface area contributed by atoms with Crippen LogP contribution < -0.4 is 0 Å². The highest BCUT2D eigenvalue weighted by Crippen LogP contribution is 2.19. The van der Waals surface area contributed by atoms with Crippen LogP contribution in [-0.4, -0.2) is 19.7 Å². The Morgan fingerprint density at radius 3 is 2.67 bits per heavy atom. The predicted octanol–water partition coefficient (Wildman–Crippen LogP) is 1.98. The molecular weight excluding hydrogens is 219 g/mol. The smallest absolute Gasteiger partial charge is 0.181 e. The molecule has 2 heterocycles. The third-order valence-electron chi connectivity index (χ3n) is 2.03. The van der Waals surface area contributed by atoms with E-state index in [2.05, 4.69) is 15.1 Å². The Bertz CT molecular complexity index is 486. The Labute approximate surface area is 90.7 Å². The number of aromatic nitrogens is 4. The average molecular weight is 227 g/mol. The minimum Gasteiger partial charge on any atom is -0.265 e. The first-order valence-electron chi connectivity index (χ1n) is 4.27. The van der Waals surface area contributed by atoms with Gasteiger partial charge in [0.05, 0.1) is 5.69 Å². The number of rotatable bonds is 1. The van der Waals surface area contributed by atoms with Gasteiger partial charge in [0.25, 0.3) is 0 Å². The van der Waals surface area contributed by atoms with Crippen LogP contribution >= 0.6 is 11.6 Å². The van der Waals surface area contributed by atoms with Crippen molar-refractivity contribution in [3.05, 3.63) is 28.9 Å². The Hall–Kier alpha value is -1.49. The molecule has 0 fully saturated rings. The lowest BCUT2D eigenvalue weighted by atomic mass is 10.3. The summed E-state index contributed by atoms with van der Waals surface area (Å²) in [6.45, 7) is 1.54. The molecule has 0 saturated heterocycles. The molecule has 0 aliphatic rings. The normalized spacial score (nSPS) is 10.7. The van der Waals surface area contributed by atoms with Gasteiger partial charge in [-0.2, -0.15) is 5.10 Å². The highest BCUT2D eigenvalue weighted by Gasteiger charge is 2.12. The third-order valence-corrected chi connectivity index (χ3v) is 2.28. The first-order chi connectivity index (χ1) is 7.09. The topological polar surface area (TPSA) is 43.6 Å². The second-order valence-corrected chi connectivity index (χ2v) is 3.44. The molecule has 0 unspecified atom stereocenters. The van der Waals surface area contributed by atoms with E-state index in [1.165, 1.54) is 0 Å². The summed E-state index contributed by atoms with van der Waals surface area (Å²) >= 11 is 5.63. The van der Waals surface area contributed by atoms with Gasteiger partial charge in [0.15, 0.2) is 16.8 Å². The monoisotopic (exact) mass is 226 g/mol. The van der Waals surface area contributed by atoms with Crippen LogP contribution in [0.1, 0.15) is 5.69 Å². The molecule has 0 aliphatic heterocycles. The summed E-state index contributed by atoms with van der Waals surface area (Å²) in [4.78, 5) is 7.86. The number of hydrogen-bond donors (Lipinski definition) is 0. The molecule has 15 heavy (non-hydrogen) atoms. The first kappa shape index (κ1) is 10.0. The van der Waals surface area contributed by atoms with Crippen molar-refractivity contribution in [3.8, 4) is 11.5 Å². The van der Waals surface area contributed by atoms with Gasteiger partial charge in [-0.05, 0) is 13.0 Å². The van der Waals surface area contributed by atoms with Crippen LogP contribution in [0.15, 0.2) is 12.3 Å². The van der Waals surface area contributed by atoms with Crippen molar-refractivity contribution >= 4 is 11.6 Å². The van der Waals surface area contributed by atoms with Gasteiger partial charge in [-0.25, -0.2) is 14.4 Å². The van der Waals surface area contributed by atoms with E-state index in [0.29, 0.717) is 11.5 Å². The summed E-state index contributed by atoms with van der Waals surface area (Å²) in [5.41, 5.74) is 0.922. The second kappa shape index (κ2) is 3.58. The van der Waals surface area contributed by atoms with Crippen molar-refractivity contribution in [2.75, 3.05) is 0 Å². The number of aryl methyl sites for hydroxylation is 2. The molecule has 0 radical (unpaired) electrons. The van der Waals surface area contributed by atoms with Crippen LogP contribution in [0.5, 0.6) is 0 Å². The van der Waals surface area contributed by atoms with Gasteiger partial charge < -0.3 is 0 Å². The molecule has 0 aliphatic carbocycles. The Morgan fingerprint density at radius 2 is 2.13 bits per heavy atom. The maximum absolute atomic E-state index is 13.2. The molecule has 0 atom stereocenters. The number of hydrogen-bond acceptors (Lipinski definition) is 3. The molecule has 2 rings (SSSR count). The van der Waals surface area contributed by atoms with E-state index in [1.807, 2.05) is 0 Å². The van der Waals surface area contributed by atoms with Crippen molar-refractivity contribution < 1.29 is 4.39 Å². The van der Waals surface area contributed by atoms with Gasteiger partial charge in [-0.3, -0.25) is 4.68 Å². The zero-order valence-corrected chi connectivity index (χ0v) is 8.96. The lowest BCUT2D eigenvalue weighted by Gasteiger charge is -2.03. The zero-order valence-electron chi connectivity index (χ0n) is 8.20. The Kier molecular flexibility index (Phi) is 2.40. The Balaban J connectivity index is 2.60. The SMILES string of the molecule is Cc1nc(-c2ccnn2C)nc(Cl)c1F. The van der Waals surface area contributed by atoms with E-state index in [1.54, 1.807) is 30.9 Å². The van der Waals surface area contributed by atoms with Crippen LogP contribution in [-0.2, 0) is 7.05 Å². The summed E-state index contributed by atoms with van der Waals surface area (Å²) in [7, 11) is 1.76. The van der Waals surface area contributed by atoms with Crippen LogP contribution in [0.4, 0.5) is 4.39 Å². The standard InChI is InChI=1S/C9H8ClFN4/c1-5-7(11)8(10)14-9(13-5)6-3-4-12-15(6)2/h3-4H,1-2H3. The summed E-state index contributed by atoms with van der Waals surface area (Å²) < 4.78 is 14.8. The van der Waals surface area contributed by atoms with Crippen LogP contribution in [0.2, 0.25) is 5.15 Å². The van der Waals surface area contributed by atoms with Gasteiger partial charge >= 0.3 is 0 Å². The van der Waals surface area contributed by atoms with E-state index in [-0.39, 0.29) is 10.8 Å². The van der Waals surface area contributed by atoms with E-state index < -0.39 is 5.82 Å².